The zero-order chi connectivity index (χ0) is 14.7. The van der Waals surface area contributed by atoms with Crippen LogP contribution in [0.5, 0.6) is 0 Å². The molecule has 0 radical (unpaired) electrons. The molecule has 2 unspecified atom stereocenters. The second-order valence-electron chi connectivity index (χ2n) is 5.24. The Hall–Kier alpha value is -1.95. The number of carboxylic acids is 1. The van der Waals surface area contributed by atoms with Crippen molar-refractivity contribution < 1.29 is 14.8 Å². The van der Waals surface area contributed by atoms with Gasteiger partial charge in [0.15, 0.2) is 0 Å². The second-order valence-corrected chi connectivity index (χ2v) is 5.24. The van der Waals surface area contributed by atoms with Gasteiger partial charge >= 0.3 is 5.97 Å². The van der Waals surface area contributed by atoms with Crippen LogP contribution in [0.3, 0.4) is 0 Å². The quantitative estimate of drug-likeness (QED) is 0.660. The molecule has 6 nitrogen and oxygen atoms in total. The predicted octanol–water partition coefficient (Wildman–Crippen LogP) is 2.45. The molecular formula is C14H18N2O4. The van der Waals surface area contributed by atoms with Gasteiger partial charge in [-0.1, -0.05) is 18.2 Å². The highest BCUT2D eigenvalue weighted by atomic mass is 16.6. The van der Waals surface area contributed by atoms with Crippen LogP contribution in [0.15, 0.2) is 24.3 Å². The normalized spacial score (nSPS) is 20.8. The van der Waals surface area contributed by atoms with E-state index in [1.807, 2.05) is 6.92 Å². The number of hydrogen-bond acceptors (Lipinski definition) is 4. The number of hydrogen-bond donors (Lipinski definition) is 1. The van der Waals surface area contributed by atoms with Crippen LogP contribution < -0.4 is 0 Å². The van der Waals surface area contributed by atoms with Crippen LogP contribution in [-0.2, 0) is 4.79 Å². The van der Waals surface area contributed by atoms with Gasteiger partial charge in [-0.2, -0.15) is 0 Å². The number of nitrogens with zero attached hydrogens (tertiary/aromatic N) is 2. The molecule has 0 saturated carbocycles. The van der Waals surface area contributed by atoms with Crippen molar-refractivity contribution in [2.24, 2.45) is 5.92 Å². The van der Waals surface area contributed by atoms with Crippen LogP contribution in [0.2, 0.25) is 0 Å². The lowest BCUT2D eigenvalue weighted by Crippen LogP contribution is -2.25. The Balaban J connectivity index is 2.11. The molecule has 20 heavy (non-hydrogen) atoms. The minimum absolute atomic E-state index is 0.0737. The highest BCUT2D eigenvalue weighted by Gasteiger charge is 2.30. The maximum atomic E-state index is 11.1. The van der Waals surface area contributed by atoms with Gasteiger partial charge in [0.2, 0.25) is 0 Å². The van der Waals surface area contributed by atoms with Crippen LogP contribution in [-0.4, -0.2) is 34.0 Å². The van der Waals surface area contributed by atoms with Gasteiger partial charge in [0, 0.05) is 30.6 Å². The fourth-order valence-corrected chi connectivity index (χ4v) is 2.83. The Labute approximate surface area is 117 Å². The average molecular weight is 278 g/mol. The topological polar surface area (TPSA) is 83.7 Å². The first kappa shape index (κ1) is 14.5. The van der Waals surface area contributed by atoms with E-state index in [-0.39, 0.29) is 29.0 Å². The van der Waals surface area contributed by atoms with Crippen molar-refractivity contribution in [3.8, 4) is 0 Å². The molecule has 2 atom stereocenters. The van der Waals surface area contributed by atoms with Gasteiger partial charge < -0.3 is 5.11 Å². The molecule has 1 N–H and O–H groups in total. The third kappa shape index (κ3) is 3.14. The van der Waals surface area contributed by atoms with E-state index in [1.54, 1.807) is 18.2 Å². The fourth-order valence-electron chi connectivity index (χ4n) is 2.83. The zero-order valence-corrected chi connectivity index (χ0v) is 11.4. The number of aliphatic carboxylic acids is 1. The smallest absolute Gasteiger partial charge is 0.303 e. The maximum Gasteiger partial charge on any atom is 0.303 e. The monoisotopic (exact) mass is 278 g/mol. The summed E-state index contributed by atoms with van der Waals surface area (Å²) in [5, 5.41) is 19.9. The SMILES string of the molecule is CC(c1ccccc1[N+](=O)[O-])N1CCC(CC(=O)O)C1. The summed E-state index contributed by atoms with van der Waals surface area (Å²) in [5.41, 5.74) is 0.815. The zero-order valence-electron chi connectivity index (χ0n) is 11.4. The first-order valence-corrected chi connectivity index (χ1v) is 6.68. The Morgan fingerprint density at radius 3 is 2.90 bits per heavy atom. The molecule has 2 rings (SSSR count). The first-order valence-electron chi connectivity index (χ1n) is 6.68. The number of carboxylic acid groups (broad SMARTS) is 1. The number of para-hydroxylation sites is 1. The van der Waals surface area contributed by atoms with Crippen LogP contribution in [0, 0.1) is 16.0 Å². The predicted molar refractivity (Wildman–Crippen MR) is 73.4 cm³/mol. The minimum atomic E-state index is -0.782. The van der Waals surface area contributed by atoms with Crippen LogP contribution in [0.4, 0.5) is 5.69 Å². The van der Waals surface area contributed by atoms with E-state index in [1.165, 1.54) is 6.07 Å². The molecule has 1 fully saturated rings. The van der Waals surface area contributed by atoms with Crippen LogP contribution >= 0.6 is 0 Å². The summed E-state index contributed by atoms with van der Waals surface area (Å²) in [7, 11) is 0. The van der Waals surface area contributed by atoms with Gasteiger partial charge in [0.25, 0.3) is 5.69 Å². The summed E-state index contributed by atoms with van der Waals surface area (Å²) >= 11 is 0. The first-order chi connectivity index (χ1) is 9.49. The summed E-state index contributed by atoms with van der Waals surface area (Å²) in [6, 6.07) is 6.66. The summed E-state index contributed by atoms with van der Waals surface area (Å²) in [6.45, 7) is 3.40. The van der Waals surface area contributed by atoms with Crippen molar-refractivity contribution in [2.75, 3.05) is 13.1 Å². The van der Waals surface area contributed by atoms with E-state index < -0.39 is 5.97 Å². The van der Waals surface area contributed by atoms with E-state index in [0.29, 0.717) is 12.1 Å². The largest absolute Gasteiger partial charge is 0.481 e. The van der Waals surface area contributed by atoms with E-state index in [4.69, 9.17) is 5.11 Å². The molecule has 108 valence electrons. The summed E-state index contributed by atoms with van der Waals surface area (Å²) in [5.74, 6) is -0.645. The Bertz CT molecular complexity index is 518. The third-order valence-corrected chi connectivity index (χ3v) is 3.91. The number of rotatable bonds is 5. The van der Waals surface area contributed by atoms with Crippen molar-refractivity contribution in [1.82, 2.24) is 4.90 Å². The van der Waals surface area contributed by atoms with Crippen molar-refractivity contribution in [3.63, 3.8) is 0 Å². The lowest BCUT2D eigenvalue weighted by molar-refractivity contribution is -0.386. The lowest BCUT2D eigenvalue weighted by atomic mass is 10.0. The van der Waals surface area contributed by atoms with Crippen LogP contribution in [0.1, 0.15) is 31.4 Å². The summed E-state index contributed by atoms with van der Waals surface area (Å²) in [4.78, 5) is 23.6. The molecule has 1 saturated heterocycles. The highest BCUT2D eigenvalue weighted by molar-refractivity contribution is 5.67. The third-order valence-electron chi connectivity index (χ3n) is 3.91. The molecule has 0 amide bonds. The van der Waals surface area contributed by atoms with Crippen molar-refractivity contribution in [1.29, 1.82) is 0 Å². The molecular weight excluding hydrogens is 260 g/mol. The minimum Gasteiger partial charge on any atom is -0.481 e. The number of carbonyl (C=O) groups is 1. The van der Waals surface area contributed by atoms with Crippen molar-refractivity contribution in [3.05, 3.63) is 39.9 Å². The van der Waals surface area contributed by atoms with Gasteiger partial charge in [0.05, 0.1) is 4.92 Å². The Kier molecular flexibility index (Phi) is 4.34. The van der Waals surface area contributed by atoms with Crippen molar-refractivity contribution in [2.45, 2.75) is 25.8 Å². The number of benzene rings is 1. The number of nitro groups is 1. The molecule has 1 aromatic rings. The molecule has 1 aromatic carbocycles. The van der Waals surface area contributed by atoms with Gasteiger partial charge in [-0.25, -0.2) is 0 Å². The second kappa shape index (κ2) is 6.00. The van der Waals surface area contributed by atoms with Gasteiger partial charge in [-0.3, -0.25) is 19.8 Å². The summed E-state index contributed by atoms with van der Waals surface area (Å²) in [6.07, 6.45) is 0.997. The Morgan fingerprint density at radius 1 is 1.55 bits per heavy atom. The van der Waals surface area contributed by atoms with E-state index >= 15 is 0 Å². The molecule has 1 aliphatic heterocycles. The van der Waals surface area contributed by atoms with Crippen LogP contribution in [0.25, 0.3) is 0 Å². The van der Waals surface area contributed by atoms with Gasteiger partial charge in [0.1, 0.15) is 0 Å². The highest BCUT2D eigenvalue weighted by Crippen LogP contribution is 2.33. The molecule has 0 spiro atoms. The fraction of sp³-hybridized carbons (Fsp3) is 0.500. The number of nitro benzene ring substituents is 1. The van der Waals surface area contributed by atoms with Crippen molar-refractivity contribution >= 4 is 11.7 Å². The van der Waals surface area contributed by atoms with E-state index in [2.05, 4.69) is 4.90 Å². The summed E-state index contributed by atoms with van der Waals surface area (Å²) < 4.78 is 0. The maximum absolute atomic E-state index is 11.1. The number of likely N-dealkylation sites (tertiary alicyclic amines) is 1. The van der Waals surface area contributed by atoms with Gasteiger partial charge in [-0.15, -0.1) is 0 Å². The van der Waals surface area contributed by atoms with E-state index in [0.717, 1.165) is 13.0 Å². The average Bonchev–Trinajstić information content (AvgIpc) is 2.85. The lowest BCUT2D eigenvalue weighted by Gasteiger charge is -2.24. The van der Waals surface area contributed by atoms with E-state index in [9.17, 15) is 14.9 Å². The molecule has 1 heterocycles. The molecule has 0 bridgehead atoms. The molecule has 0 aromatic heterocycles. The molecule has 1 aliphatic rings. The van der Waals surface area contributed by atoms with Gasteiger partial charge in [-0.05, 0) is 25.8 Å². The standard InChI is InChI=1S/C14H18N2O4/c1-10(12-4-2-3-5-13(12)16(19)20)15-7-6-11(9-15)8-14(17)18/h2-5,10-11H,6-9H2,1H3,(H,17,18). The Morgan fingerprint density at radius 2 is 2.25 bits per heavy atom. The molecule has 0 aliphatic carbocycles. The molecule has 6 heteroatoms.